The predicted octanol–water partition coefficient (Wildman–Crippen LogP) is 5.56. The first-order valence-corrected chi connectivity index (χ1v) is 11.3. The highest BCUT2D eigenvalue weighted by Gasteiger charge is 2.32. The molecule has 1 atom stereocenters. The van der Waals surface area contributed by atoms with Crippen LogP contribution in [0.15, 0.2) is 54.6 Å². The number of aromatic nitrogens is 2. The highest BCUT2D eigenvalue weighted by Crippen LogP contribution is 2.32. The Balaban J connectivity index is 1.46. The Morgan fingerprint density at radius 3 is 2.57 bits per heavy atom. The van der Waals surface area contributed by atoms with Gasteiger partial charge >= 0.3 is 0 Å². The number of hydrogen-bond donors (Lipinski definition) is 0. The van der Waals surface area contributed by atoms with Crippen molar-refractivity contribution in [2.75, 3.05) is 13.1 Å². The lowest BCUT2D eigenvalue weighted by Gasteiger charge is -2.16. The molecular formula is C25H26ClN3O. The fraction of sp³-hybridized carbons (Fsp3) is 0.360. The maximum absolute atomic E-state index is 13.5. The van der Waals surface area contributed by atoms with Crippen molar-refractivity contribution in [3.8, 4) is 11.4 Å². The van der Waals surface area contributed by atoms with Gasteiger partial charge in [0, 0.05) is 36.1 Å². The molecule has 4 nitrogen and oxygen atoms in total. The standard InChI is InChI=1S/C25H26ClN3O/c26-21-12-10-19(11-13-21)24-27-23(22-9-5-2-6-15-29(22)24)25(30)28-16-14-20(17-28)18-7-3-1-4-8-18/h1,3-4,7-8,10-13,20H,2,5-6,9,14-17H2/t20-/m1/s1. The van der Waals surface area contributed by atoms with E-state index in [0.29, 0.717) is 16.6 Å². The van der Waals surface area contributed by atoms with Crippen LogP contribution in [0.5, 0.6) is 0 Å². The second-order valence-corrected chi connectivity index (χ2v) is 8.78. The summed E-state index contributed by atoms with van der Waals surface area (Å²) in [5.41, 5.74) is 4.09. The molecule has 0 saturated carbocycles. The molecule has 30 heavy (non-hydrogen) atoms. The fourth-order valence-electron chi connectivity index (χ4n) is 4.80. The van der Waals surface area contributed by atoms with Gasteiger partial charge in [-0.3, -0.25) is 4.79 Å². The number of rotatable bonds is 3. The summed E-state index contributed by atoms with van der Waals surface area (Å²) in [6, 6.07) is 18.3. The van der Waals surface area contributed by atoms with E-state index >= 15 is 0 Å². The number of hydrogen-bond acceptors (Lipinski definition) is 2. The van der Waals surface area contributed by atoms with Gasteiger partial charge in [0.2, 0.25) is 0 Å². The zero-order chi connectivity index (χ0) is 20.5. The maximum atomic E-state index is 13.5. The molecule has 0 bridgehead atoms. The van der Waals surface area contributed by atoms with E-state index in [4.69, 9.17) is 16.6 Å². The molecule has 3 aromatic rings. The molecule has 0 spiro atoms. The Labute approximate surface area is 182 Å². The minimum atomic E-state index is 0.0827. The SMILES string of the molecule is O=C(c1nc(-c2ccc(Cl)cc2)n2c1CCCCC2)N1CC[C@@H](c2ccccc2)C1. The summed E-state index contributed by atoms with van der Waals surface area (Å²) in [7, 11) is 0. The maximum Gasteiger partial charge on any atom is 0.274 e. The van der Waals surface area contributed by atoms with Crippen molar-refractivity contribution in [1.82, 2.24) is 14.5 Å². The van der Waals surface area contributed by atoms with Gasteiger partial charge in [0.15, 0.2) is 0 Å². The van der Waals surface area contributed by atoms with E-state index in [-0.39, 0.29) is 5.91 Å². The molecule has 5 heteroatoms. The molecule has 1 aromatic heterocycles. The zero-order valence-corrected chi connectivity index (χ0v) is 17.8. The molecule has 2 aromatic carbocycles. The van der Waals surface area contributed by atoms with Crippen molar-refractivity contribution in [3.63, 3.8) is 0 Å². The van der Waals surface area contributed by atoms with E-state index in [9.17, 15) is 4.79 Å². The quantitative estimate of drug-likeness (QED) is 0.557. The van der Waals surface area contributed by atoms with Gasteiger partial charge in [-0.1, -0.05) is 48.4 Å². The lowest BCUT2D eigenvalue weighted by atomic mass is 9.99. The van der Waals surface area contributed by atoms with E-state index in [1.807, 2.05) is 35.2 Å². The smallest absolute Gasteiger partial charge is 0.274 e. The summed E-state index contributed by atoms with van der Waals surface area (Å²) >= 11 is 6.09. The lowest BCUT2D eigenvalue weighted by molar-refractivity contribution is 0.0784. The summed E-state index contributed by atoms with van der Waals surface area (Å²) in [5.74, 6) is 1.39. The molecule has 2 aliphatic rings. The van der Waals surface area contributed by atoms with Gasteiger partial charge in [-0.25, -0.2) is 4.98 Å². The number of nitrogens with zero attached hydrogens (tertiary/aromatic N) is 3. The number of carbonyl (C=O) groups is 1. The van der Waals surface area contributed by atoms with Crippen LogP contribution >= 0.6 is 11.6 Å². The molecule has 1 fully saturated rings. The molecule has 0 unspecified atom stereocenters. The molecule has 5 rings (SSSR count). The average Bonchev–Trinajstić information content (AvgIpc) is 3.33. The van der Waals surface area contributed by atoms with Crippen molar-refractivity contribution < 1.29 is 4.79 Å². The van der Waals surface area contributed by atoms with Crippen molar-refractivity contribution in [1.29, 1.82) is 0 Å². The van der Waals surface area contributed by atoms with E-state index in [2.05, 4.69) is 28.8 Å². The molecule has 0 N–H and O–H groups in total. The molecule has 154 valence electrons. The first kappa shape index (κ1) is 19.4. The van der Waals surface area contributed by atoms with Crippen LogP contribution in [0.3, 0.4) is 0 Å². The number of carbonyl (C=O) groups excluding carboxylic acids is 1. The Morgan fingerprint density at radius 1 is 0.967 bits per heavy atom. The van der Waals surface area contributed by atoms with Crippen molar-refractivity contribution in [3.05, 3.63) is 76.6 Å². The molecular weight excluding hydrogens is 394 g/mol. The van der Waals surface area contributed by atoms with Crippen molar-refractivity contribution in [2.24, 2.45) is 0 Å². The van der Waals surface area contributed by atoms with E-state index in [1.165, 1.54) is 12.0 Å². The minimum absolute atomic E-state index is 0.0827. The van der Waals surface area contributed by atoms with Crippen molar-refractivity contribution in [2.45, 2.75) is 44.6 Å². The second kappa shape index (κ2) is 8.27. The summed E-state index contributed by atoms with van der Waals surface area (Å²) in [4.78, 5) is 20.4. The number of likely N-dealkylation sites (tertiary alicyclic amines) is 1. The van der Waals surface area contributed by atoms with Crippen molar-refractivity contribution >= 4 is 17.5 Å². The van der Waals surface area contributed by atoms with Gasteiger partial charge in [-0.05, 0) is 55.5 Å². The Hall–Kier alpha value is -2.59. The lowest BCUT2D eigenvalue weighted by Crippen LogP contribution is -2.29. The van der Waals surface area contributed by atoms with Gasteiger partial charge in [-0.2, -0.15) is 0 Å². The van der Waals surface area contributed by atoms with Crippen LogP contribution in [-0.2, 0) is 13.0 Å². The molecule has 2 aliphatic heterocycles. The molecule has 0 aliphatic carbocycles. The third-order valence-corrected chi connectivity index (χ3v) is 6.67. The van der Waals surface area contributed by atoms with Crippen LogP contribution in [0.4, 0.5) is 0 Å². The largest absolute Gasteiger partial charge is 0.337 e. The van der Waals surface area contributed by atoms with Gasteiger partial charge in [-0.15, -0.1) is 0 Å². The first-order valence-electron chi connectivity index (χ1n) is 10.9. The molecule has 1 amide bonds. The van der Waals surface area contributed by atoms with Crippen LogP contribution in [0, 0.1) is 0 Å². The molecule has 1 saturated heterocycles. The topological polar surface area (TPSA) is 38.1 Å². The first-order chi connectivity index (χ1) is 14.7. The molecule has 0 radical (unpaired) electrons. The number of benzene rings is 2. The van der Waals surface area contributed by atoms with Crippen LogP contribution < -0.4 is 0 Å². The third-order valence-electron chi connectivity index (χ3n) is 6.42. The Bertz CT molecular complexity index is 1040. The number of amides is 1. The summed E-state index contributed by atoms with van der Waals surface area (Å²) in [6.45, 7) is 2.48. The number of fused-ring (bicyclic) bond motifs is 1. The third kappa shape index (κ3) is 3.65. The van der Waals surface area contributed by atoms with Gasteiger partial charge in [0.25, 0.3) is 5.91 Å². The monoisotopic (exact) mass is 419 g/mol. The van der Waals surface area contributed by atoms with Gasteiger partial charge in [0.1, 0.15) is 11.5 Å². The Morgan fingerprint density at radius 2 is 1.77 bits per heavy atom. The summed E-state index contributed by atoms with van der Waals surface area (Å²) in [5, 5.41) is 0.710. The van der Waals surface area contributed by atoms with Gasteiger partial charge < -0.3 is 9.47 Å². The zero-order valence-electron chi connectivity index (χ0n) is 17.1. The predicted molar refractivity (Wildman–Crippen MR) is 120 cm³/mol. The van der Waals surface area contributed by atoms with Crippen LogP contribution in [-0.4, -0.2) is 33.4 Å². The average molecular weight is 420 g/mol. The Kier molecular flexibility index (Phi) is 5.34. The van der Waals surface area contributed by atoms with Crippen LogP contribution in [0.25, 0.3) is 11.4 Å². The number of halogens is 1. The number of imidazole rings is 1. The van der Waals surface area contributed by atoms with Gasteiger partial charge in [0.05, 0.1) is 5.69 Å². The highest BCUT2D eigenvalue weighted by molar-refractivity contribution is 6.30. The second-order valence-electron chi connectivity index (χ2n) is 8.35. The highest BCUT2D eigenvalue weighted by atomic mass is 35.5. The van der Waals surface area contributed by atoms with E-state index in [1.54, 1.807) is 0 Å². The minimum Gasteiger partial charge on any atom is -0.337 e. The molecule has 3 heterocycles. The summed E-state index contributed by atoms with van der Waals surface area (Å²) < 4.78 is 2.27. The van der Waals surface area contributed by atoms with E-state index in [0.717, 1.165) is 62.4 Å². The normalized spacial score (nSPS) is 18.8. The van der Waals surface area contributed by atoms with Crippen LogP contribution in [0.2, 0.25) is 5.02 Å². The van der Waals surface area contributed by atoms with Crippen LogP contribution in [0.1, 0.15) is 53.3 Å². The fourth-order valence-corrected chi connectivity index (χ4v) is 4.93. The van der Waals surface area contributed by atoms with E-state index < -0.39 is 0 Å². The summed E-state index contributed by atoms with van der Waals surface area (Å²) in [6.07, 6.45) is 5.35.